The molecular formula is C10H16ClN3O2. The van der Waals surface area contributed by atoms with Crippen LogP contribution in [0.4, 0.5) is 0 Å². The molecule has 1 aromatic heterocycles. The van der Waals surface area contributed by atoms with E-state index in [-0.39, 0.29) is 18.4 Å². The van der Waals surface area contributed by atoms with Gasteiger partial charge in [-0.1, -0.05) is 5.16 Å². The Bertz CT molecular complexity index is 335. The molecule has 3 rings (SSSR count). The summed E-state index contributed by atoms with van der Waals surface area (Å²) in [6, 6.07) is 0.0826. The highest BCUT2D eigenvalue weighted by atomic mass is 35.5. The third-order valence-corrected chi connectivity index (χ3v) is 2.87. The molecule has 0 spiro atoms. The van der Waals surface area contributed by atoms with E-state index in [2.05, 4.69) is 15.5 Å². The van der Waals surface area contributed by atoms with E-state index in [1.807, 2.05) is 0 Å². The summed E-state index contributed by atoms with van der Waals surface area (Å²) >= 11 is 0. The van der Waals surface area contributed by atoms with Gasteiger partial charge in [0.25, 0.3) is 0 Å². The van der Waals surface area contributed by atoms with Crippen LogP contribution in [-0.2, 0) is 11.2 Å². The molecule has 0 amide bonds. The fourth-order valence-electron chi connectivity index (χ4n) is 1.80. The normalized spacial score (nSPS) is 25.1. The average molecular weight is 246 g/mol. The van der Waals surface area contributed by atoms with Crippen molar-refractivity contribution in [1.82, 2.24) is 15.5 Å². The van der Waals surface area contributed by atoms with Gasteiger partial charge in [0, 0.05) is 13.0 Å². The molecule has 0 radical (unpaired) electrons. The van der Waals surface area contributed by atoms with Gasteiger partial charge in [-0.2, -0.15) is 4.98 Å². The van der Waals surface area contributed by atoms with Crippen LogP contribution in [0.15, 0.2) is 4.52 Å². The zero-order chi connectivity index (χ0) is 10.1. The second-order valence-electron chi connectivity index (χ2n) is 4.28. The third-order valence-electron chi connectivity index (χ3n) is 2.87. The Morgan fingerprint density at radius 2 is 2.25 bits per heavy atom. The molecule has 5 nitrogen and oxygen atoms in total. The lowest BCUT2D eigenvalue weighted by Crippen LogP contribution is -2.34. The van der Waals surface area contributed by atoms with Gasteiger partial charge in [-0.15, -0.1) is 12.4 Å². The predicted octanol–water partition coefficient (Wildman–Crippen LogP) is 1.10. The van der Waals surface area contributed by atoms with Gasteiger partial charge in [0.05, 0.1) is 13.2 Å². The van der Waals surface area contributed by atoms with E-state index >= 15 is 0 Å². The fraction of sp³-hybridized carbons (Fsp3) is 0.800. The first kappa shape index (κ1) is 11.8. The predicted molar refractivity (Wildman–Crippen MR) is 59.5 cm³/mol. The van der Waals surface area contributed by atoms with Gasteiger partial charge in [0.15, 0.2) is 5.82 Å². The van der Waals surface area contributed by atoms with Crippen LogP contribution in [0.25, 0.3) is 0 Å². The maximum absolute atomic E-state index is 5.35. The van der Waals surface area contributed by atoms with Gasteiger partial charge in [0.2, 0.25) is 5.89 Å². The van der Waals surface area contributed by atoms with E-state index in [4.69, 9.17) is 9.26 Å². The highest BCUT2D eigenvalue weighted by Gasteiger charge is 2.26. The summed E-state index contributed by atoms with van der Waals surface area (Å²) in [6.07, 6.45) is 3.60. The largest absolute Gasteiger partial charge is 0.378 e. The monoisotopic (exact) mass is 245 g/mol. The molecule has 0 bridgehead atoms. The minimum absolute atomic E-state index is 0. The molecule has 1 atom stereocenters. The Morgan fingerprint density at radius 1 is 1.38 bits per heavy atom. The Labute approximate surface area is 100 Å². The summed E-state index contributed by atoms with van der Waals surface area (Å²) in [5.41, 5.74) is 0. The Kier molecular flexibility index (Phi) is 3.78. The number of halogens is 1. The van der Waals surface area contributed by atoms with E-state index in [0.29, 0.717) is 12.5 Å². The van der Waals surface area contributed by atoms with E-state index in [1.54, 1.807) is 0 Å². The first-order valence-corrected chi connectivity index (χ1v) is 5.55. The number of ether oxygens (including phenoxy) is 1. The van der Waals surface area contributed by atoms with E-state index in [1.165, 1.54) is 12.8 Å². The molecule has 0 aromatic carbocycles. The van der Waals surface area contributed by atoms with Crippen LogP contribution in [0, 0.1) is 5.92 Å². The molecule has 2 aliphatic rings. The van der Waals surface area contributed by atoms with Crippen molar-refractivity contribution in [1.29, 1.82) is 0 Å². The summed E-state index contributed by atoms with van der Waals surface area (Å²) in [5, 5.41) is 7.29. The van der Waals surface area contributed by atoms with Crippen LogP contribution < -0.4 is 5.32 Å². The minimum atomic E-state index is 0. The zero-order valence-corrected chi connectivity index (χ0v) is 9.83. The molecule has 1 unspecified atom stereocenters. The lowest BCUT2D eigenvalue weighted by atomic mass is 10.2. The molecule has 1 N–H and O–H groups in total. The van der Waals surface area contributed by atoms with Gasteiger partial charge >= 0.3 is 0 Å². The molecule has 1 aliphatic heterocycles. The second-order valence-corrected chi connectivity index (χ2v) is 4.28. The molecule has 16 heavy (non-hydrogen) atoms. The second kappa shape index (κ2) is 5.12. The van der Waals surface area contributed by atoms with Crippen LogP contribution in [0.3, 0.4) is 0 Å². The number of morpholine rings is 1. The fourth-order valence-corrected chi connectivity index (χ4v) is 1.80. The molecule has 2 fully saturated rings. The van der Waals surface area contributed by atoms with Crippen molar-refractivity contribution in [2.24, 2.45) is 5.92 Å². The number of nitrogens with zero attached hydrogens (tertiary/aromatic N) is 2. The van der Waals surface area contributed by atoms with Gasteiger partial charge < -0.3 is 14.6 Å². The van der Waals surface area contributed by atoms with Crippen LogP contribution in [0.2, 0.25) is 0 Å². The molecule has 1 saturated heterocycles. The Balaban J connectivity index is 0.000000963. The Morgan fingerprint density at radius 3 is 2.94 bits per heavy atom. The first-order valence-electron chi connectivity index (χ1n) is 5.55. The number of rotatable bonds is 3. The average Bonchev–Trinajstić information content (AvgIpc) is 2.96. The first-order chi connectivity index (χ1) is 7.42. The maximum atomic E-state index is 5.35. The summed E-state index contributed by atoms with van der Waals surface area (Å²) in [4.78, 5) is 4.39. The number of aromatic nitrogens is 2. The topological polar surface area (TPSA) is 60.2 Å². The van der Waals surface area contributed by atoms with Crippen LogP contribution >= 0.6 is 12.4 Å². The number of nitrogens with one attached hydrogen (secondary N) is 1. The van der Waals surface area contributed by atoms with Crippen LogP contribution in [0.1, 0.15) is 30.6 Å². The summed E-state index contributed by atoms with van der Waals surface area (Å²) in [7, 11) is 0. The molecule has 2 heterocycles. The summed E-state index contributed by atoms with van der Waals surface area (Å²) in [5.74, 6) is 2.32. The van der Waals surface area contributed by atoms with Gasteiger partial charge in [-0.3, -0.25) is 0 Å². The SMILES string of the molecule is C1COCC(c2nc(CC3CC3)no2)N1.Cl. The highest BCUT2D eigenvalue weighted by Crippen LogP contribution is 2.31. The Hall–Kier alpha value is -0.650. The molecule has 1 saturated carbocycles. The van der Waals surface area contributed by atoms with Gasteiger partial charge in [0.1, 0.15) is 6.04 Å². The number of hydrogen-bond donors (Lipinski definition) is 1. The van der Waals surface area contributed by atoms with Crippen LogP contribution in [-0.4, -0.2) is 29.9 Å². The van der Waals surface area contributed by atoms with Crippen molar-refractivity contribution >= 4 is 12.4 Å². The lowest BCUT2D eigenvalue weighted by molar-refractivity contribution is 0.0659. The van der Waals surface area contributed by atoms with Gasteiger partial charge in [-0.25, -0.2) is 0 Å². The van der Waals surface area contributed by atoms with E-state index in [0.717, 1.165) is 31.3 Å². The smallest absolute Gasteiger partial charge is 0.246 e. The lowest BCUT2D eigenvalue weighted by Gasteiger charge is -2.20. The van der Waals surface area contributed by atoms with Crippen molar-refractivity contribution in [2.75, 3.05) is 19.8 Å². The molecule has 6 heteroatoms. The standard InChI is InChI=1S/C10H15N3O2.ClH/c1-2-7(1)5-9-12-10(15-13-9)8-6-14-4-3-11-8;/h7-8,11H,1-6H2;1H. The molecule has 1 aliphatic carbocycles. The van der Waals surface area contributed by atoms with E-state index < -0.39 is 0 Å². The third kappa shape index (κ3) is 2.72. The van der Waals surface area contributed by atoms with E-state index in [9.17, 15) is 0 Å². The number of hydrogen-bond acceptors (Lipinski definition) is 5. The zero-order valence-electron chi connectivity index (χ0n) is 9.02. The van der Waals surface area contributed by atoms with Crippen LogP contribution in [0.5, 0.6) is 0 Å². The van der Waals surface area contributed by atoms with Gasteiger partial charge in [-0.05, 0) is 18.8 Å². The minimum Gasteiger partial charge on any atom is -0.378 e. The molecular weight excluding hydrogens is 230 g/mol. The summed E-state index contributed by atoms with van der Waals surface area (Å²) < 4.78 is 10.6. The van der Waals surface area contributed by atoms with Crippen molar-refractivity contribution < 1.29 is 9.26 Å². The molecule has 1 aromatic rings. The quantitative estimate of drug-likeness (QED) is 0.864. The maximum Gasteiger partial charge on any atom is 0.246 e. The summed E-state index contributed by atoms with van der Waals surface area (Å²) in [6.45, 7) is 2.25. The van der Waals surface area contributed by atoms with Crippen molar-refractivity contribution in [3.8, 4) is 0 Å². The van der Waals surface area contributed by atoms with Crippen molar-refractivity contribution in [3.05, 3.63) is 11.7 Å². The van der Waals surface area contributed by atoms with Crippen molar-refractivity contribution in [3.63, 3.8) is 0 Å². The van der Waals surface area contributed by atoms with Crippen molar-refractivity contribution in [2.45, 2.75) is 25.3 Å². The highest BCUT2D eigenvalue weighted by molar-refractivity contribution is 5.85. The molecule has 90 valence electrons.